The molecule has 4 heteroatoms. The lowest BCUT2D eigenvalue weighted by Gasteiger charge is -2.27. The number of carbonyl (C=O) groups excluding carboxylic acids is 1. The molecule has 1 aliphatic rings. The van der Waals surface area contributed by atoms with Gasteiger partial charge in [-0.2, -0.15) is 0 Å². The fourth-order valence-corrected chi connectivity index (χ4v) is 1.69. The molecule has 1 aromatic rings. The van der Waals surface area contributed by atoms with E-state index < -0.39 is 0 Å². The molecule has 0 N–H and O–H groups in total. The van der Waals surface area contributed by atoms with E-state index in [-0.39, 0.29) is 12.3 Å². The largest absolute Gasteiger partial charge is 0.465 e. The maximum absolute atomic E-state index is 11.3. The summed E-state index contributed by atoms with van der Waals surface area (Å²) in [5.74, 6) is 0.0937. The molecule has 92 valence electrons. The third-order valence-corrected chi connectivity index (χ3v) is 2.67. The van der Waals surface area contributed by atoms with Gasteiger partial charge in [0, 0.05) is 11.5 Å². The second-order valence-electron chi connectivity index (χ2n) is 4.22. The molecule has 2 rings (SSSR count). The topological polar surface area (TPSA) is 44.8 Å². The molecule has 1 saturated heterocycles. The summed E-state index contributed by atoms with van der Waals surface area (Å²) < 4.78 is 15.8. The molecule has 17 heavy (non-hydrogen) atoms. The van der Waals surface area contributed by atoms with E-state index in [0.717, 1.165) is 5.56 Å². The van der Waals surface area contributed by atoms with Gasteiger partial charge < -0.3 is 14.2 Å². The number of carbonyl (C=O) groups is 1. The van der Waals surface area contributed by atoms with Crippen molar-refractivity contribution in [2.24, 2.45) is 5.92 Å². The van der Waals surface area contributed by atoms with Crippen LogP contribution in [0.25, 0.3) is 0 Å². The van der Waals surface area contributed by atoms with Gasteiger partial charge in [-0.05, 0) is 12.1 Å². The number of rotatable bonds is 2. The summed E-state index contributed by atoms with van der Waals surface area (Å²) in [5, 5.41) is 0. The first kappa shape index (κ1) is 12.1. The molecule has 0 atom stereocenters. The van der Waals surface area contributed by atoms with E-state index in [9.17, 15) is 4.79 Å². The molecule has 0 radical (unpaired) electrons. The van der Waals surface area contributed by atoms with Crippen molar-refractivity contribution >= 4 is 5.97 Å². The Kier molecular flexibility index (Phi) is 3.76. The maximum atomic E-state index is 11.3. The van der Waals surface area contributed by atoms with E-state index in [1.54, 1.807) is 12.1 Å². The van der Waals surface area contributed by atoms with E-state index >= 15 is 0 Å². The molecule has 0 bridgehead atoms. The van der Waals surface area contributed by atoms with Gasteiger partial charge in [-0.15, -0.1) is 0 Å². The highest BCUT2D eigenvalue weighted by molar-refractivity contribution is 5.89. The highest BCUT2D eigenvalue weighted by atomic mass is 16.7. The van der Waals surface area contributed by atoms with Crippen LogP contribution >= 0.6 is 0 Å². The lowest BCUT2D eigenvalue weighted by atomic mass is 10.1. The zero-order valence-electron chi connectivity index (χ0n) is 10.0. The van der Waals surface area contributed by atoms with Crippen molar-refractivity contribution < 1.29 is 19.0 Å². The standard InChI is InChI=1S/C13H16O4/c1-9-7-16-13(17-8-9)11-5-3-10(4-6-11)12(14)15-2/h3-6,9,13H,7-8H2,1-2H3. The first-order valence-corrected chi connectivity index (χ1v) is 5.62. The third-order valence-electron chi connectivity index (χ3n) is 2.67. The molecule has 0 saturated carbocycles. The number of benzene rings is 1. The molecule has 0 aromatic heterocycles. The van der Waals surface area contributed by atoms with Crippen LogP contribution < -0.4 is 0 Å². The van der Waals surface area contributed by atoms with Gasteiger partial charge in [0.25, 0.3) is 0 Å². The Labute approximate surface area is 100 Å². The average Bonchev–Trinajstić information content (AvgIpc) is 2.39. The molecule has 0 unspecified atom stereocenters. The highest BCUT2D eigenvalue weighted by Gasteiger charge is 2.20. The van der Waals surface area contributed by atoms with E-state index in [1.807, 2.05) is 12.1 Å². The number of hydrogen-bond donors (Lipinski definition) is 0. The van der Waals surface area contributed by atoms with Crippen molar-refractivity contribution in [1.29, 1.82) is 0 Å². The molecule has 0 spiro atoms. The Morgan fingerprint density at radius 2 is 1.82 bits per heavy atom. The molecule has 1 aliphatic heterocycles. The van der Waals surface area contributed by atoms with Gasteiger partial charge in [-0.3, -0.25) is 0 Å². The van der Waals surface area contributed by atoms with E-state index in [0.29, 0.717) is 24.7 Å². The van der Waals surface area contributed by atoms with E-state index in [4.69, 9.17) is 9.47 Å². The normalized spacial score (nSPS) is 24.4. The third kappa shape index (κ3) is 2.84. The predicted molar refractivity (Wildman–Crippen MR) is 61.6 cm³/mol. The second kappa shape index (κ2) is 5.29. The fourth-order valence-electron chi connectivity index (χ4n) is 1.69. The summed E-state index contributed by atoms with van der Waals surface area (Å²) in [5.41, 5.74) is 1.45. The molecule has 4 nitrogen and oxygen atoms in total. The van der Waals surface area contributed by atoms with Crippen molar-refractivity contribution in [3.8, 4) is 0 Å². The van der Waals surface area contributed by atoms with Crippen molar-refractivity contribution in [3.05, 3.63) is 35.4 Å². The van der Waals surface area contributed by atoms with Gasteiger partial charge in [0.2, 0.25) is 0 Å². The smallest absolute Gasteiger partial charge is 0.337 e. The first-order chi connectivity index (χ1) is 8.20. The van der Waals surface area contributed by atoms with Crippen molar-refractivity contribution in [2.75, 3.05) is 20.3 Å². The summed E-state index contributed by atoms with van der Waals surface area (Å²) in [6, 6.07) is 7.08. The monoisotopic (exact) mass is 236 g/mol. The molecule has 1 heterocycles. The molecule has 1 aromatic carbocycles. The summed E-state index contributed by atoms with van der Waals surface area (Å²) in [7, 11) is 1.37. The van der Waals surface area contributed by atoms with Crippen LogP contribution in [0.2, 0.25) is 0 Å². The maximum Gasteiger partial charge on any atom is 0.337 e. The van der Waals surface area contributed by atoms with Gasteiger partial charge in [0.05, 0.1) is 25.9 Å². The summed E-state index contributed by atoms with van der Waals surface area (Å²) >= 11 is 0. The van der Waals surface area contributed by atoms with Crippen molar-refractivity contribution in [1.82, 2.24) is 0 Å². The lowest BCUT2D eigenvalue weighted by Crippen LogP contribution is -2.25. The minimum atomic E-state index is -0.337. The van der Waals surface area contributed by atoms with Gasteiger partial charge in [0.15, 0.2) is 6.29 Å². The number of hydrogen-bond acceptors (Lipinski definition) is 4. The number of esters is 1. The summed E-state index contributed by atoms with van der Waals surface area (Å²) in [6.07, 6.45) is -0.321. The van der Waals surface area contributed by atoms with Gasteiger partial charge >= 0.3 is 5.97 Å². The second-order valence-corrected chi connectivity index (χ2v) is 4.22. The molecule has 0 amide bonds. The first-order valence-electron chi connectivity index (χ1n) is 5.62. The summed E-state index contributed by atoms with van der Waals surface area (Å²) in [6.45, 7) is 3.48. The van der Waals surface area contributed by atoms with Crippen LogP contribution in [0.3, 0.4) is 0 Å². The Balaban J connectivity index is 2.05. The molecule has 1 fully saturated rings. The predicted octanol–water partition coefficient (Wildman–Crippen LogP) is 2.15. The van der Waals surface area contributed by atoms with E-state index in [1.165, 1.54) is 7.11 Å². The molecular weight excluding hydrogens is 220 g/mol. The van der Waals surface area contributed by atoms with Crippen molar-refractivity contribution in [3.63, 3.8) is 0 Å². The Morgan fingerprint density at radius 1 is 1.24 bits per heavy atom. The minimum absolute atomic E-state index is 0.321. The SMILES string of the molecule is COC(=O)c1ccc(C2OCC(C)CO2)cc1. The molecular formula is C13H16O4. The Morgan fingerprint density at radius 3 is 2.35 bits per heavy atom. The van der Waals surface area contributed by atoms with Crippen LogP contribution in [-0.2, 0) is 14.2 Å². The molecule has 0 aliphatic carbocycles. The van der Waals surface area contributed by atoms with Gasteiger partial charge in [-0.25, -0.2) is 4.79 Å². The Bertz CT molecular complexity index is 377. The van der Waals surface area contributed by atoms with E-state index in [2.05, 4.69) is 11.7 Å². The number of ether oxygens (including phenoxy) is 3. The van der Waals surface area contributed by atoms with Crippen LogP contribution in [0.4, 0.5) is 0 Å². The van der Waals surface area contributed by atoms with Crippen LogP contribution in [0.5, 0.6) is 0 Å². The lowest BCUT2D eigenvalue weighted by molar-refractivity contribution is -0.202. The fraction of sp³-hybridized carbons (Fsp3) is 0.462. The zero-order valence-corrected chi connectivity index (χ0v) is 10.0. The number of methoxy groups -OCH3 is 1. The van der Waals surface area contributed by atoms with Gasteiger partial charge in [0.1, 0.15) is 0 Å². The summed E-state index contributed by atoms with van der Waals surface area (Å²) in [4.78, 5) is 11.3. The average molecular weight is 236 g/mol. The zero-order chi connectivity index (χ0) is 12.3. The van der Waals surface area contributed by atoms with Crippen molar-refractivity contribution in [2.45, 2.75) is 13.2 Å². The van der Waals surface area contributed by atoms with Crippen LogP contribution in [0.15, 0.2) is 24.3 Å². The quantitative estimate of drug-likeness (QED) is 0.738. The Hall–Kier alpha value is -1.39. The van der Waals surface area contributed by atoms with Crippen LogP contribution in [-0.4, -0.2) is 26.3 Å². The van der Waals surface area contributed by atoms with Crippen LogP contribution in [0, 0.1) is 5.92 Å². The highest BCUT2D eigenvalue weighted by Crippen LogP contribution is 2.25. The van der Waals surface area contributed by atoms with Crippen LogP contribution in [0.1, 0.15) is 29.1 Å². The minimum Gasteiger partial charge on any atom is -0.465 e. The van der Waals surface area contributed by atoms with Gasteiger partial charge in [-0.1, -0.05) is 19.1 Å².